The van der Waals surface area contributed by atoms with Gasteiger partial charge in [-0.1, -0.05) is 6.92 Å². The predicted octanol–water partition coefficient (Wildman–Crippen LogP) is 1.38. The topological polar surface area (TPSA) is 26.0 Å². The van der Waals surface area contributed by atoms with Crippen LogP contribution in [0.15, 0.2) is 0 Å². The van der Waals surface area contributed by atoms with E-state index in [4.69, 9.17) is 5.73 Å². The molecule has 5 atom stereocenters. The lowest BCUT2D eigenvalue weighted by atomic mass is 10.0. The lowest BCUT2D eigenvalue weighted by Gasteiger charge is -2.04. The number of hydrogen-bond acceptors (Lipinski definition) is 1. The highest BCUT2D eigenvalue weighted by Gasteiger charge is 2.76. The Bertz CT molecular complexity index is 189. The molecule has 0 saturated heterocycles. The van der Waals surface area contributed by atoms with E-state index in [0.29, 0.717) is 6.04 Å². The first-order valence-corrected chi connectivity index (χ1v) is 4.55. The molecule has 0 spiro atoms. The number of hydrogen-bond donors (Lipinski definition) is 1. The van der Waals surface area contributed by atoms with E-state index in [1.165, 1.54) is 19.3 Å². The summed E-state index contributed by atoms with van der Waals surface area (Å²) in [5, 5.41) is 0. The summed E-state index contributed by atoms with van der Waals surface area (Å²) in [6.07, 6.45) is 4.34. The third-order valence-electron chi connectivity index (χ3n) is 4.54. The molecule has 10 heavy (non-hydrogen) atoms. The fraction of sp³-hybridized carbons (Fsp3) is 1.00. The smallest absolute Gasteiger partial charge is 0.0104 e. The van der Waals surface area contributed by atoms with E-state index in [1.807, 2.05) is 0 Å². The molecule has 4 aliphatic carbocycles. The minimum atomic E-state index is 0.602. The van der Waals surface area contributed by atoms with Crippen LogP contribution in [0.4, 0.5) is 0 Å². The molecule has 2 N–H and O–H groups in total. The summed E-state index contributed by atoms with van der Waals surface area (Å²) >= 11 is 0. The van der Waals surface area contributed by atoms with Crippen molar-refractivity contribution >= 4 is 0 Å². The molecule has 0 radical (unpaired) electrons. The molecule has 0 aromatic heterocycles. The highest BCUT2D eigenvalue weighted by atomic mass is 14.9. The lowest BCUT2D eigenvalue weighted by Crippen LogP contribution is -2.23. The summed E-state index contributed by atoms with van der Waals surface area (Å²) in [6, 6.07) is 0.602. The first-order chi connectivity index (χ1) is 4.79. The molecule has 0 heterocycles. The van der Waals surface area contributed by atoms with Crippen molar-refractivity contribution in [3.8, 4) is 0 Å². The Kier molecular flexibility index (Phi) is 0.722. The molecule has 4 fully saturated rings. The SMILES string of the molecule is CC[C@@]12C[C@H]3C[C@@H]1[C@@H]2[C@H]3N. The standard InChI is InChI=1S/C9H15N/c1-2-9-4-5-3-6(9)7(9)8(5)10/h5-8H,2-4,10H2,1H3/t5-,6-,7-,8+,9-/m1/s1. The number of rotatable bonds is 1. The third kappa shape index (κ3) is 0.334. The molecule has 0 aromatic rings. The molecule has 1 nitrogen and oxygen atoms in total. The lowest BCUT2D eigenvalue weighted by molar-refractivity contribution is 0.463. The van der Waals surface area contributed by atoms with Gasteiger partial charge < -0.3 is 5.73 Å². The fourth-order valence-electron chi connectivity index (χ4n) is 4.06. The Hall–Kier alpha value is -0.0400. The Morgan fingerprint density at radius 2 is 2.40 bits per heavy atom. The van der Waals surface area contributed by atoms with Crippen LogP contribution in [0.1, 0.15) is 26.2 Å². The summed E-state index contributed by atoms with van der Waals surface area (Å²) in [5.41, 5.74) is 6.85. The normalized spacial score (nSPS) is 69.0. The van der Waals surface area contributed by atoms with E-state index < -0.39 is 0 Å². The van der Waals surface area contributed by atoms with Crippen molar-refractivity contribution in [1.82, 2.24) is 0 Å². The molecule has 0 aliphatic heterocycles. The predicted molar refractivity (Wildman–Crippen MR) is 40.4 cm³/mol. The van der Waals surface area contributed by atoms with Gasteiger partial charge in [-0.3, -0.25) is 0 Å². The van der Waals surface area contributed by atoms with Crippen LogP contribution in [-0.2, 0) is 0 Å². The van der Waals surface area contributed by atoms with Gasteiger partial charge in [0, 0.05) is 6.04 Å². The first kappa shape index (κ1) is 5.59. The molecule has 4 bridgehead atoms. The zero-order chi connectivity index (χ0) is 6.93. The van der Waals surface area contributed by atoms with Gasteiger partial charge >= 0.3 is 0 Å². The van der Waals surface area contributed by atoms with Crippen molar-refractivity contribution in [2.45, 2.75) is 32.2 Å². The molecule has 0 aromatic carbocycles. The average Bonchev–Trinajstić information content (AvgIpc) is 2.36. The Labute approximate surface area is 62.0 Å². The van der Waals surface area contributed by atoms with E-state index in [-0.39, 0.29) is 0 Å². The van der Waals surface area contributed by atoms with Crippen LogP contribution in [0.5, 0.6) is 0 Å². The summed E-state index contributed by atoms with van der Waals surface area (Å²) in [6.45, 7) is 2.34. The van der Waals surface area contributed by atoms with Crippen LogP contribution in [0.3, 0.4) is 0 Å². The molecule has 1 heteroatoms. The number of nitrogens with two attached hydrogens (primary N) is 1. The maximum atomic E-state index is 6.07. The van der Waals surface area contributed by atoms with E-state index in [1.54, 1.807) is 0 Å². The van der Waals surface area contributed by atoms with E-state index in [9.17, 15) is 0 Å². The second-order valence-electron chi connectivity index (χ2n) is 4.50. The van der Waals surface area contributed by atoms with Gasteiger partial charge in [0.05, 0.1) is 0 Å². The summed E-state index contributed by atoms with van der Waals surface area (Å²) in [5.74, 6) is 2.95. The zero-order valence-electron chi connectivity index (χ0n) is 6.51. The van der Waals surface area contributed by atoms with E-state index in [2.05, 4.69) is 6.92 Å². The van der Waals surface area contributed by atoms with Crippen LogP contribution in [0.2, 0.25) is 0 Å². The molecule has 56 valence electrons. The van der Waals surface area contributed by atoms with Gasteiger partial charge in [0.25, 0.3) is 0 Å². The fourth-order valence-corrected chi connectivity index (χ4v) is 4.06. The van der Waals surface area contributed by atoms with Gasteiger partial charge in [0.15, 0.2) is 0 Å². The van der Waals surface area contributed by atoms with Crippen molar-refractivity contribution in [2.75, 3.05) is 0 Å². The minimum absolute atomic E-state index is 0.602. The van der Waals surface area contributed by atoms with Gasteiger partial charge in [0.2, 0.25) is 0 Å². The summed E-state index contributed by atoms with van der Waals surface area (Å²) < 4.78 is 0. The van der Waals surface area contributed by atoms with Gasteiger partial charge in [-0.15, -0.1) is 0 Å². The molecule has 4 aliphatic rings. The van der Waals surface area contributed by atoms with Crippen LogP contribution < -0.4 is 5.73 Å². The van der Waals surface area contributed by atoms with E-state index >= 15 is 0 Å². The van der Waals surface area contributed by atoms with Gasteiger partial charge in [-0.2, -0.15) is 0 Å². The van der Waals surface area contributed by atoms with Crippen molar-refractivity contribution in [2.24, 2.45) is 28.9 Å². The second kappa shape index (κ2) is 1.29. The Morgan fingerprint density at radius 3 is 2.60 bits per heavy atom. The third-order valence-corrected chi connectivity index (χ3v) is 4.54. The summed E-state index contributed by atoms with van der Waals surface area (Å²) in [7, 11) is 0. The molecule has 0 amide bonds. The van der Waals surface area contributed by atoms with Crippen molar-refractivity contribution < 1.29 is 0 Å². The highest BCUT2D eigenvalue weighted by molar-refractivity contribution is 5.26. The van der Waals surface area contributed by atoms with Crippen LogP contribution in [0.25, 0.3) is 0 Å². The molecular formula is C9H15N. The van der Waals surface area contributed by atoms with Gasteiger partial charge in [-0.05, 0) is 42.4 Å². The van der Waals surface area contributed by atoms with Crippen molar-refractivity contribution in [3.05, 3.63) is 0 Å². The van der Waals surface area contributed by atoms with Gasteiger partial charge in [-0.25, -0.2) is 0 Å². The van der Waals surface area contributed by atoms with E-state index in [0.717, 1.165) is 23.2 Å². The molecule has 4 rings (SSSR count). The van der Waals surface area contributed by atoms with Crippen LogP contribution >= 0.6 is 0 Å². The van der Waals surface area contributed by atoms with Crippen LogP contribution in [-0.4, -0.2) is 6.04 Å². The van der Waals surface area contributed by atoms with Crippen LogP contribution in [0, 0.1) is 23.2 Å². The average molecular weight is 137 g/mol. The maximum absolute atomic E-state index is 6.07. The van der Waals surface area contributed by atoms with Crippen molar-refractivity contribution in [3.63, 3.8) is 0 Å². The summed E-state index contributed by atoms with van der Waals surface area (Å²) in [4.78, 5) is 0. The molecule has 4 saturated carbocycles. The largest absolute Gasteiger partial charge is 0.327 e. The van der Waals surface area contributed by atoms with Gasteiger partial charge in [0.1, 0.15) is 0 Å². The monoisotopic (exact) mass is 137 g/mol. The van der Waals surface area contributed by atoms with Crippen molar-refractivity contribution in [1.29, 1.82) is 0 Å². The second-order valence-corrected chi connectivity index (χ2v) is 4.50. The Balaban J connectivity index is 2.01. The maximum Gasteiger partial charge on any atom is 0.0104 e. The molecule has 0 unspecified atom stereocenters. The first-order valence-electron chi connectivity index (χ1n) is 4.55. The minimum Gasteiger partial charge on any atom is -0.327 e. The highest BCUT2D eigenvalue weighted by Crippen LogP contribution is 2.79. The molecular weight excluding hydrogens is 122 g/mol. The quantitative estimate of drug-likeness (QED) is 0.580. The Morgan fingerprint density at radius 1 is 1.60 bits per heavy atom. The zero-order valence-corrected chi connectivity index (χ0v) is 6.51.